The standard InChI is InChI=1S/C23H25ClN2O3SSi/c1-17-21(14-15-31(2,3)4)23(25-29-17)22(16-18-8-6-5-7-9-18)26-30(27,28)20-12-10-19(24)11-13-20/h5-13,22,26H,16H2,1-4H3/t22-/m1/s1. The van der Waals surface area contributed by atoms with Gasteiger partial charge in [0, 0.05) is 5.02 Å². The zero-order valence-corrected chi connectivity index (χ0v) is 20.5. The molecule has 0 unspecified atom stereocenters. The number of halogens is 1. The fourth-order valence-electron chi connectivity index (χ4n) is 2.94. The maximum Gasteiger partial charge on any atom is 0.241 e. The van der Waals surface area contributed by atoms with Crippen molar-refractivity contribution in [3.63, 3.8) is 0 Å². The first kappa shape index (κ1) is 23.3. The van der Waals surface area contributed by atoms with Crippen molar-refractivity contribution in [2.75, 3.05) is 0 Å². The lowest BCUT2D eigenvalue weighted by Crippen LogP contribution is -2.31. The minimum atomic E-state index is -3.83. The number of hydrogen-bond donors (Lipinski definition) is 1. The number of aryl methyl sites for hydroxylation is 1. The molecule has 5 nitrogen and oxygen atoms in total. The Hall–Kier alpha value is -2.37. The van der Waals surface area contributed by atoms with Crippen LogP contribution >= 0.6 is 11.6 Å². The molecule has 162 valence electrons. The van der Waals surface area contributed by atoms with E-state index in [2.05, 4.69) is 41.0 Å². The quantitative estimate of drug-likeness (QED) is 0.399. The number of nitrogens with one attached hydrogen (secondary N) is 1. The lowest BCUT2D eigenvalue weighted by atomic mass is 10.0. The van der Waals surface area contributed by atoms with E-state index in [0.29, 0.717) is 28.5 Å². The van der Waals surface area contributed by atoms with Gasteiger partial charge in [-0.3, -0.25) is 0 Å². The highest BCUT2D eigenvalue weighted by Gasteiger charge is 2.27. The Morgan fingerprint density at radius 1 is 1.10 bits per heavy atom. The molecule has 0 saturated heterocycles. The fraction of sp³-hybridized carbons (Fsp3) is 0.261. The summed E-state index contributed by atoms with van der Waals surface area (Å²) in [6, 6.07) is 15.1. The van der Waals surface area contributed by atoms with Gasteiger partial charge in [0.05, 0.1) is 16.5 Å². The summed E-state index contributed by atoms with van der Waals surface area (Å²) in [6.07, 6.45) is 0.404. The van der Waals surface area contributed by atoms with Gasteiger partial charge in [-0.25, -0.2) is 13.1 Å². The maximum atomic E-state index is 13.1. The zero-order chi connectivity index (χ0) is 22.6. The van der Waals surface area contributed by atoms with E-state index in [4.69, 9.17) is 16.1 Å². The third kappa shape index (κ3) is 6.31. The minimum absolute atomic E-state index is 0.130. The third-order valence-corrected chi connectivity index (χ3v) is 7.10. The molecule has 0 amide bonds. The van der Waals surface area contributed by atoms with E-state index in [1.165, 1.54) is 12.1 Å². The zero-order valence-electron chi connectivity index (χ0n) is 17.9. The van der Waals surface area contributed by atoms with Crippen molar-refractivity contribution in [2.45, 2.75) is 43.9 Å². The number of aromatic nitrogens is 1. The first-order chi connectivity index (χ1) is 14.5. The van der Waals surface area contributed by atoms with Crippen LogP contribution in [-0.2, 0) is 16.4 Å². The van der Waals surface area contributed by atoms with Gasteiger partial charge >= 0.3 is 0 Å². The van der Waals surface area contributed by atoms with Crippen LogP contribution in [0.2, 0.25) is 24.7 Å². The molecule has 0 radical (unpaired) electrons. The second-order valence-corrected chi connectivity index (χ2v) is 15.2. The molecule has 3 aromatic rings. The summed E-state index contributed by atoms with van der Waals surface area (Å²) in [5.74, 6) is 3.78. The summed E-state index contributed by atoms with van der Waals surface area (Å²) in [4.78, 5) is 0.130. The van der Waals surface area contributed by atoms with E-state index in [9.17, 15) is 8.42 Å². The molecule has 0 aliphatic rings. The van der Waals surface area contributed by atoms with Gasteiger partial charge in [-0.1, -0.05) is 72.7 Å². The van der Waals surface area contributed by atoms with Crippen LogP contribution in [0.1, 0.15) is 28.6 Å². The molecule has 0 spiro atoms. The van der Waals surface area contributed by atoms with Gasteiger partial charge in [0.25, 0.3) is 0 Å². The number of benzene rings is 2. The Morgan fingerprint density at radius 2 is 1.74 bits per heavy atom. The molecule has 0 fully saturated rings. The van der Waals surface area contributed by atoms with Gasteiger partial charge in [-0.05, 0) is 43.2 Å². The molecule has 1 heterocycles. The SMILES string of the molecule is Cc1onc([C@@H](Cc2ccccc2)NS(=O)(=O)c2ccc(Cl)cc2)c1C#C[Si](C)(C)C. The monoisotopic (exact) mass is 472 g/mol. The predicted octanol–water partition coefficient (Wildman–Crippen LogP) is 5.13. The Morgan fingerprint density at radius 3 is 2.35 bits per heavy atom. The maximum absolute atomic E-state index is 13.1. The highest BCUT2D eigenvalue weighted by atomic mass is 35.5. The summed E-state index contributed by atoms with van der Waals surface area (Å²) < 4.78 is 34.4. The van der Waals surface area contributed by atoms with Gasteiger partial charge in [0.15, 0.2) is 0 Å². The van der Waals surface area contributed by atoms with Gasteiger partial charge in [0.2, 0.25) is 10.0 Å². The smallest absolute Gasteiger partial charge is 0.241 e. The van der Waals surface area contributed by atoms with Crippen LogP contribution in [0, 0.1) is 18.4 Å². The minimum Gasteiger partial charge on any atom is -0.360 e. The lowest BCUT2D eigenvalue weighted by molar-refractivity contribution is 0.382. The number of rotatable bonds is 6. The van der Waals surface area contributed by atoms with Crippen LogP contribution < -0.4 is 4.72 Å². The second-order valence-electron chi connectivity index (χ2n) is 8.32. The number of hydrogen-bond acceptors (Lipinski definition) is 4. The summed E-state index contributed by atoms with van der Waals surface area (Å²) in [5.41, 5.74) is 5.42. The average Bonchev–Trinajstić information content (AvgIpc) is 3.07. The van der Waals surface area contributed by atoms with Crippen LogP contribution in [0.5, 0.6) is 0 Å². The first-order valence-corrected chi connectivity index (χ1v) is 15.2. The number of nitrogens with zero attached hydrogens (tertiary/aromatic N) is 1. The molecular formula is C23H25ClN2O3SSi. The topological polar surface area (TPSA) is 72.2 Å². The van der Waals surface area contributed by atoms with Crippen LogP contribution in [-0.4, -0.2) is 21.6 Å². The highest BCUT2D eigenvalue weighted by Crippen LogP contribution is 2.26. The Bertz CT molecular complexity index is 1210. The van der Waals surface area contributed by atoms with Crippen LogP contribution in [0.25, 0.3) is 0 Å². The molecule has 2 aromatic carbocycles. The van der Waals surface area contributed by atoms with Gasteiger partial charge in [-0.2, -0.15) is 0 Å². The largest absolute Gasteiger partial charge is 0.360 e. The summed E-state index contributed by atoms with van der Waals surface area (Å²) in [6.45, 7) is 8.23. The molecule has 0 aliphatic heterocycles. The predicted molar refractivity (Wildman–Crippen MR) is 126 cm³/mol. The third-order valence-electron chi connectivity index (χ3n) is 4.49. The van der Waals surface area contributed by atoms with Crippen molar-refractivity contribution < 1.29 is 12.9 Å². The Kier molecular flexibility index (Phi) is 7.07. The molecule has 3 rings (SSSR count). The van der Waals surface area contributed by atoms with Crippen molar-refractivity contribution in [1.82, 2.24) is 9.88 Å². The summed E-state index contributed by atoms with van der Waals surface area (Å²) in [5, 5.41) is 4.66. The summed E-state index contributed by atoms with van der Waals surface area (Å²) >= 11 is 5.92. The van der Waals surface area contributed by atoms with E-state index in [0.717, 1.165) is 5.56 Å². The van der Waals surface area contributed by atoms with Crippen molar-refractivity contribution in [3.8, 4) is 11.5 Å². The molecule has 8 heteroatoms. The average molecular weight is 473 g/mol. The molecule has 0 saturated carbocycles. The van der Waals surface area contributed by atoms with Crippen LogP contribution in [0.3, 0.4) is 0 Å². The molecule has 1 atom stereocenters. The van der Waals surface area contributed by atoms with Crippen LogP contribution in [0.4, 0.5) is 0 Å². The molecule has 1 aromatic heterocycles. The lowest BCUT2D eigenvalue weighted by Gasteiger charge is -2.18. The van der Waals surface area contributed by atoms with E-state index in [1.807, 2.05) is 30.3 Å². The van der Waals surface area contributed by atoms with Crippen molar-refractivity contribution in [3.05, 3.63) is 82.2 Å². The molecule has 31 heavy (non-hydrogen) atoms. The molecule has 0 aliphatic carbocycles. The fourth-order valence-corrected chi connectivity index (χ4v) is 4.77. The Labute approximate surface area is 189 Å². The number of sulfonamides is 1. The Balaban J connectivity index is 2.04. The van der Waals surface area contributed by atoms with Gasteiger partial charge in [0.1, 0.15) is 19.5 Å². The van der Waals surface area contributed by atoms with E-state index >= 15 is 0 Å². The van der Waals surface area contributed by atoms with E-state index in [-0.39, 0.29) is 4.90 Å². The van der Waals surface area contributed by atoms with Crippen molar-refractivity contribution in [1.29, 1.82) is 0 Å². The molecule has 1 N–H and O–H groups in total. The second kappa shape index (κ2) is 9.41. The van der Waals surface area contributed by atoms with E-state index in [1.54, 1.807) is 19.1 Å². The normalized spacial score (nSPS) is 12.8. The van der Waals surface area contributed by atoms with Crippen molar-refractivity contribution in [2.24, 2.45) is 0 Å². The molecule has 0 bridgehead atoms. The van der Waals surface area contributed by atoms with Crippen molar-refractivity contribution >= 4 is 29.7 Å². The van der Waals surface area contributed by atoms with Gasteiger partial charge in [-0.15, -0.1) is 5.54 Å². The molecular weight excluding hydrogens is 448 g/mol. The highest BCUT2D eigenvalue weighted by molar-refractivity contribution is 7.89. The van der Waals surface area contributed by atoms with E-state index < -0.39 is 24.1 Å². The van der Waals surface area contributed by atoms with Gasteiger partial charge < -0.3 is 4.52 Å². The summed E-state index contributed by atoms with van der Waals surface area (Å²) in [7, 11) is -5.48. The van der Waals surface area contributed by atoms with Crippen LogP contribution in [0.15, 0.2) is 64.0 Å². The first-order valence-electron chi connectivity index (χ1n) is 9.86.